The molecule has 0 aliphatic carbocycles. The number of rotatable bonds is 4. The number of pyridine rings is 1. The second-order valence-corrected chi connectivity index (χ2v) is 2.91. The van der Waals surface area contributed by atoms with Gasteiger partial charge in [-0.25, -0.2) is 0 Å². The Kier molecular flexibility index (Phi) is 3.80. The zero-order valence-corrected chi connectivity index (χ0v) is 7.63. The average molecular weight is 181 g/mol. The van der Waals surface area contributed by atoms with Gasteiger partial charge in [0.1, 0.15) is 5.69 Å². The fourth-order valence-corrected chi connectivity index (χ4v) is 1.05. The maximum absolute atomic E-state index is 11.3. The summed E-state index contributed by atoms with van der Waals surface area (Å²) in [5.41, 5.74) is 0.555. The molecule has 0 saturated heterocycles. The van der Waals surface area contributed by atoms with Crippen molar-refractivity contribution < 1.29 is 4.79 Å². The lowest BCUT2D eigenvalue weighted by molar-refractivity contribution is 0.0977. The molecule has 0 bridgehead atoms. The van der Waals surface area contributed by atoms with Crippen molar-refractivity contribution in [3.05, 3.63) is 30.1 Å². The fraction of sp³-hybridized carbons (Fsp3) is 0.333. The van der Waals surface area contributed by atoms with Crippen molar-refractivity contribution in [3.8, 4) is 0 Å². The number of hydrogen-bond acceptors (Lipinski definition) is 3. The largest absolute Gasteiger partial charge is 0.292 e. The lowest BCUT2D eigenvalue weighted by Crippen LogP contribution is -2.01. The number of ketones is 1. The number of hydrogen-bond donors (Lipinski definition) is 1. The van der Waals surface area contributed by atoms with E-state index >= 15 is 0 Å². The minimum absolute atomic E-state index is 0.102. The summed E-state index contributed by atoms with van der Waals surface area (Å²) in [5, 5.41) is 0. The number of aromatic nitrogens is 1. The van der Waals surface area contributed by atoms with Gasteiger partial charge in [-0.3, -0.25) is 9.78 Å². The second-order valence-electron chi connectivity index (χ2n) is 2.47. The molecule has 0 fully saturated rings. The monoisotopic (exact) mass is 181 g/mol. The topological polar surface area (TPSA) is 30.0 Å². The molecule has 0 N–H and O–H groups in total. The summed E-state index contributed by atoms with van der Waals surface area (Å²) in [6.45, 7) is 0. The minimum atomic E-state index is 0.102. The van der Waals surface area contributed by atoms with Gasteiger partial charge in [-0.1, -0.05) is 6.07 Å². The highest BCUT2D eigenvalue weighted by Crippen LogP contribution is 2.01. The number of Topliss-reactive ketones (excluding diaryl/α,β-unsaturated/α-hetero) is 1. The van der Waals surface area contributed by atoms with Crippen LogP contribution in [0.25, 0.3) is 0 Å². The zero-order valence-electron chi connectivity index (χ0n) is 6.73. The Labute approximate surface area is 77.4 Å². The van der Waals surface area contributed by atoms with E-state index in [9.17, 15) is 4.79 Å². The van der Waals surface area contributed by atoms with Crippen LogP contribution in [-0.4, -0.2) is 16.5 Å². The lowest BCUT2D eigenvalue weighted by Gasteiger charge is -1.96. The van der Waals surface area contributed by atoms with Crippen molar-refractivity contribution in [1.82, 2.24) is 4.98 Å². The summed E-state index contributed by atoms with van der Waals surface area (Å²) in [6.07, 6.45) is 2.99. The molecule has 0 aliphatic rings. The molecule has 0 aliphatic heterocycles. The zero-order chi connectivity index (χ0) is 8.81. The van der Waals surface area contributed by atoms with Crippen molar-refractivity contribution in [2.24, 2.45) is 0 Å². The Morgan fingerprint density at radius 1 is 1.50 bits per heavy atom. The van der Waals surface area contributed by atoms with Crippen LogP contribution < -0.4 is 0 Å². The first-order valence-electron chi connectivity index (χ1n) is 3.89. The summed E-state index contributed by atoms with van der Waals surface area (Å²) in [6, 6.07) is 5.36. The third-order valence-corrected chi connectivity index (χ3v) is 1.83. The van der Waals surface area contributed by atoms with Gasteiger partial charge in [0.05, 0.1) is 0 Å². The van der Waals surface area contributed by atoms with Crippen LogP contribution in [0.15, 0.2) is 24.4 Å². The Bertz CT molecular complexity index is 248. The van der Waals surface area contributed by atoms with Gasteiger partial charge in [0.15, 0.2) is 5.78 Å². The van der Waals surface area contributed by atoms with Crippen LogP contribution >= 0.6 is 12.6 Å². The van der Waals surface area contributed by atoms with Crippen molar-refractivity contribution in [1.29, 1.82) is 0 Å². The van der Waals surface area contributed by atoms with Gasteiger partial charge in [-0.2, -0.15) is 12.6 Å². The summed E-state index contributed by atoms with van der Waals surface area (Å²) in [5.74, 6) is 0.850. The van der Waals surface area contributed by atoms with E-state index in [1.807, 2.05) is 6.07 Å². The third-order valence-electron chi connectivity index (χ3n) is 1.51. The summed E-state index contributed by atoms with van der Waals surface area (Å²) >= 11 is 4.04. The van der Waals surface area contributed by atoms with Gasteiger partial charge in [0, 0.05) is 12.6 Å². The molecule has 1 aromatic rings. The summed E-state index contributed by atoms with van der Waals surface area (Å²) in [4.78, 5) is 15.3. The van der Waals surface area contributed by atoms with Gasteiger partial charge in [-0.15, -0.1) is 0 Å². The maximum Gasteiger partial charge on any atom is 0.181 e. The average Bonchev–Trinajstić information content (AvgIpc) is 2.15. The minimum Gasteiger partial charge on any atom is -0.292 e. The van der Waals surface area contributed by atoms with E-state index in [0.717, 1.165) is 12.2 Å². The first-order chi connectivity index (χ1) is 5.84. The van der Waals surface area contributed by atoms with Crippen LogP contribution in [0.5, 0.6) is 0 Å². The molecule has 0 amide bonds. The van der Waals surface area contributed by atoms with E-state index in [1.165, 1.54) is 0 Å². The Morgan fingerprint density at radius 3 is 2.92 bits per heavy atom. The highest BCUT2D eigenvalue weighted by Gasteiger charge is 2.04. The number of carbonyl (C=O) groups is 1. The molecular weight excluding hydrogens is 170 g/mol. The van der Waals surface area contributed by atoms with E-state index in [4.69, 9.17) is 0 Å². The van der Waals surface area contributed by atoms with Crippen molar-refractivity contribution >= 4 is 18.4 Å². The van der Waals surface area contributed by atoms with Gasteiger partial charge in [0.25, 0.3) is 0 Å². The first-order valence-corrected chi connectivity index (χ1v) is 4.53. The van der Waals surface area contributed by atoms with Crippen molar-refractivity contribution in [3.63, 3.8) is 0 Å². The van der Waals surface area contributed by atoms with Gasteiger partial charge in [0.2, 0.25) is 0 Å². The SMILES string of the molecule is O=C(CCCS)c1ccccn1. The normalized spacial score (nSPS) is 9.75. The predicted molar refractivity (Wildman–Crippen MR) is 51.7 cm³/mol. The highest BCUT2D eigenvalue weighted by atomic mass is 32.1. The summed E-state index contributed by atoms with van der Waals surface area (Å²) < 4.78 is 0. The van der Waals surface area contributed by atoms with E-state index in [1.54, 1.807) is 18.3 Å². The first kappa shape index (κ1) is 9.26. The molecule has 3 heteroatoms. The van der Waals surface area contributed by atoms with E-state index in [0.29, 0.717) is 12.1 Å². The van der Waals surface area contributed by atoms with Crippen LogP contribution in [0.3, 0.4) is 0 Å². The molecule has 0 saturated carbocycles. The Hall–Kier alpha value is -0.830. The van der Waals surface area contributed by atoms with Crippen LogP contribution in [-0.2, 0) is 0 Å². The third kappa shape index (κ3) is 2.66. The number of thiol groups is 1. The van der Waals surface area contributed by atoms with Gasteiger partial charge < -0.3 is 0 Å². The standard InChI is InChI=1S/C9H11NOS/c11-9(5-3-7-12)8-4-1-2-6-10-8/h1-2,4,6,12H,3,5,7H2. The second kappa shape index (κ2) is 4.93. The van der Waals surface area contributed by atoms with Crippen LogP contribution in [0.1, 0.15) is 23.3 Å². The van der Waals surface area contributed by atoms with Crippen LogP contribution in [0, 0.1) is 0 Å². The predicted octanol–water partition coefficient (Wildman–Crippen LogP) is 1.97. The Balaban J connectivity index is 2.54. The molecule has 0 aromatic carbocycles. The fourth-order valence-electron chi connectivity index (χ4n) is 0.895. The smallest absolute Gasteiger partial charge is 0.181 e. The van der Waals surface area contributed by atoms with Crippen LogP contribution in [0.4, 0.5) is 0 Å². The molecule has 2 nitrogen and oxygen atoms in total. The summed E-state index contributed by atoms with van der Waals surface area (Å²) in [7, 11) is 0. The molecule has 1 heterocycles. The van der Waals surface area contributed by atoms with Crippen molar-refractivity contribution in [2.75, 3.05) is 5.75 Å². The molecule has 1 aromatic heterocycles. The molecule has 0 atom stereocenters. The maximum atomic E-state index is 11.3. The van der Waals surface area contributed by atoms with E-state index < -0.39 is 0 Å². The molecule has 0 unspecified atom stereocenters. The molecule has 0 radical (unpaired) electrons. The molecule has 12 heavy (non-hydrogen) atoms. The molecule has 64 valence electrons. The number of nitrogens with zero attached hydrogens (tertiary/aromatic N) is 1. The quantitative estimate of drug-likeness (QED) is 0.568. The van der Waals surface area contributed by atoms with Gasteiger partial charge >= 0.3 is 0 Å². The van der Waals surface area contributed by atoms with Crippen molar-refractivity contribution in [2.45, 2.75) is 12.8 Å². The van der Waals surface area contributed by atoms with Crippen LogP contribution in [0.2, 0.25) is 0 Å². The lowest BCUT2D eigenvalue weighted by atomic mass is 10.1. The Morgan fingerprint density at radius 2 is 2.33 bits per heavy atom. The number of carbonyl (C=O) groups excluding carboxylic acids is 1. The highest BCUT2D eigenvalue weighted by molar-refractivity contribution is 7.80. The van der Waals surface area contributed by atoms with E-state index in [-0.39, 0.29) is 5.78 Å². The van der Waals surface area contributed by atoms with Gasteiger partial charge in [-0.05, 0) is 24.3 Å². The molecular formula is C9H11NOS. The van der Waals surface area contributed by atoms with E-state index in [2.05, 4.69) is 17.6 Å². The molecule has 1 rings (SSSR count). The molecule has 0 spiro atoms.